The lowest BCUT2D eigenvalue weighted by atomic mass is 9.85. The third-order valence-electron chi connectivity index (χ3n) is 4.59. The monoisotopic (exact) mass is 245 g/mol. The van der Waals surface area contributed by atoms with Crippen LogP contribution in [-0.4, -0.2) is 29.5 Å². The van der Waals surface area contributed by atoms with Crippen molar-refractivity contribution >= 4 is 5.82 Å². The van der Waals surface area contributed by atoms with E-state index in [0.717, 1.165) is 24.3 Å². The second kappa shape index (κ2) is 5.27. The van der Waals surface area contributed by atoms with Crippen molar-refractivity contribution in [3.63, 3.8) is 0 Å². The molecule has 1 aromatic heterocycles. The largest absolute Gasteiger partial charge is 0.373 e. The normalized spacial score (nSPS) is 28.1. The lowest BCUT2D eigenvalue weighted by molar-refractivity contribution is 0.176. The van der Waals surface area contributed by atoms with Crippen LogP contribution in [0.15, 0.2) is 18.3 Å². The van der Waals surface area contributed by atoms with Crippen LogP contribution in [0.2, 0.25) is 0 Å². The number of nitrogens with one attached hydrogen (secondary N) is 1. The molecule has 3 nitrogen and oxygen atoms in total. The fraction of sp³-hybridized carbons (Fsp3) is 0.667. The minimum Gasteiger partial charge on any atom is -0.373 e. The van der Waals surface area contributed by atoms with Crippen LogP contribution >= 0.6 is 0 Å². The number of hydrogen-bond donors (Lipinski definition) is 1. The summed E-state index contributed by atoms with van der Waals surface area (Å²) in [7, 11) is 1.91. The molecule has 3 heteroatoms. The fourth-order valence-corrected chi connectivity index (χ4v) is 3.60. The van der Waals surface area contributed by atoms with Gasteiger partial charge in [0.15, 0.2) is 0 Å². The van der Waals surface area contributed by atoms with E-state index in [1.165, 1.54) is 44.2 Å². The number of hydrogen-bond acceptors (Lipinski definition) is 3. The lowest BCUT2D eigenvalue weighted by Gasteiger charge is -2.31. The van der Waals surface area contributed by atoms with Gasteiger partial charge in [-0.25, -0.2) is 4.98 Å². The number of fused-ring (bicyclic) bond motifs is 1. The molecule has 3 rings (SSSR count). The van der Waals surface area contributed by atoms with Crippen LogP contribution in [0.1, 0.15) is 37.7 Å². The first kappa shape index (κ1) is 12.0. The van der Waals surface area contributed by atoms with Crippen molar-refractivity contribution in [1.82, 2.24) is 9.88 Å². The van der Waals surface area contributed by atoms with E-state index in [2.05, 4.69) is 27.3 Å². The number of nitrogens with zero attached hydrogens (tertiary/aromatic N) is 2. The first-order valence-corrected chi connectivity index (χ1v) is 7.23. The maximum atomic E-state index is 4.41. The first-order chi connectivity index (χ1) is 8.86. The van der Waals surface area contributed by atoms with Crippen LogP contribution in [0, 0.1) is 5.92 Å². The van der Waals surface area contributed by atoms with Gasteiger partial charge in [-0.2, -0.15) is 0 Å². The summed E-state index contributed by atoms with van der Waals surface area (Å²) in [4.78, 5) is 7.09. The van der Waals surface area contributed by atoms with Crippen molar-refractivity contribution < 1.29 is 0 Å². The maximum Gasteiger partial charge on any atom is 0.125 e. The topological polar surface area (TPSA) is 28.2 Å². The Kier molecular flexibility index (Phi) is 3.50. The average Bonchev–Trinajstić information content (AvgIpc) is 2.83. The Morgan fingerprint density at radius 3 is 2.94 bits per heavy atom. The summed E-state index contributed by atoms with van der Waals surface area (Å²) in [5.74, 6) is 1.93. The zero-order chi connectivity index (χ0) is 12.4. The molecule has 18 heavy (non-hydrogen) atoms. The molecule has 0 amide bonds. The highest BCUT2D eigenvalue weighted by Gasteiger charge is 2.35. The van der Waals surface area contributed by atoms with Crippen LogP contribution in [0.4, 0.5) is 5.82 Å². The Balaban J connectivity index is 1.65. The van der Waals surface area contributed by atoms with Crippen LogP contribution in [-0.2, 0) is 6.54 Å². The molecule has 0 bridgehead atoms. The fourth-order valence-electron chi connectivity index (χ4n) is 3.60. The zero-order valence-corrected chi connectivity index (χ0v) is 11.2. The van der Waals surface area contributed by atoms with Gasteiger partial charge < -0.3 is 5.32 Å². The predicted molar refractivity (Wildman–Crippen MR) is 74.6 cm³/mol. The van der Waals surface area contributed by atoms with E-state index in [0.29, 0.717) is 0 Å². The Labute approximate surface area is 110 Å². The average molecular weight is 245 g/mol. The van der Waals surface area contributed by atoms with E-state index in [4.69, 9.17) is 0 Å². The molecular weight excluding hydrogens is 222 g/mol. The second-order valence-corrected chi connectivity index (χ2v) is 5.67. The van der Waals surface area contributed by atoms with Gasteiger partial charge in [-0.1, -0.05) is 18.9 Å². The molecular formula is C15H23N3. The minimum atomic E-state index is 0.850. The smallest absolute Gasteiger partial charge is 0.125 e. The summed E-state index contributed by atoms with van der Waals surface area (Å²) in [6.07, 6.45) is 9.17. The molecule has 1 saturated heterocycles. The number of anilines is 1. The van der Waals surface area contributed by atoms with Crippen molar-refractivity contribution in [3.05, 3.63) is 23.9 Å². The van der Waals surface area contributed by atoms with Gasteiger partial charge in [0.2, 0.25) is 0 Å². The highest BCUT2D eigenvalue weighted by Crippen LogP contribution is 2.36. The zero-order valence-electron chi connectivity index (χ0n) is 11.2. The molecule has 1 N–H and O–H groups in total. The number of rotatable bonds is 3. The molecule has 0 aromatic carbocycles. The van der Waals surface area contributed by atoms with Gasteiger partial charge in [-0.3, -0.25) is 4.90 Å². The molecule has 1 aliphatic carbocycles. The SMILES string of the molecule is CNc1ccc(CN2CCC3CCCCC32)cn1. The van der Waals surface area contributed by atoms with E-state index in [1.807, 2.05) is 13.2 Å². The minimum absolute atomic E-state index is 0.850. The molecule has 2 fully saturated rings. The summed E-state index contributed by atoms with van der Waals surface area (Å²) in [6, 6.07) is 5.13. The van der Waals surface area contributed by atoms with Crippen LogP contribution in [0.5, 0.6) is 0 Å². The predicted octanol–water partition coefficient (Wildman–Crippen LogP) is 2.89. The van der Waals surface area contributed by atoms with Crippen molar-refractivity contribution in [2.24, 2.45) is 5.92 Å². The van der Waals surface area contributed by atoms with Crippen molar-refractivity contribution in [2.45, 2.75) is 44.7 Å². The summed E-state index contributed by atoms with van der Waals surface area (Å²) in [5.41, 5.74) is 1.35. The van der Waals surface area contributed by atoms with E-state index >= 15 is 0 Å². The molecule has 2 aliphatic rings. The lowest BCUT2D eigenvalue weighted by Crippen LogP contribution is -2.34. The van der Waals surface area contributed by atoms with E-state index in [9.17, 15) is 0 Å². The highest BCUT2D eigenvalue weighted by molar-refractivity contribution is 5.34. The third kappa shape index (κ3) is 2.37. The molecule has 2 unspecified atom stereocenters. The Hall–Kier alpha value is -1.09. The maximum absolute atomic E-state index is 4.41. The quantitative estimate of drug-likeness (QED) is 0.887. The Morgan fingerprint density at radius 1 is 1.28 bits per heavy atom. The number of aromatic nitrogens is 1. The molecule has 98 valence electrons. The Bertz CT molecular complexity index is 387. The van der Waals surface area contributed by atoms with Crippen molar-refractivity contribution in [1.29, 1.82) is 0 Å². The molecule has 2 atom stereocenters. The van der Waals surface area contributed by atoms with Gasteiger partial charge in [0.05, 0.1) is 0 Å². The molecule has 1 aliphatic heterocycles. The third-order valence-corrected chi connectivity index (χ3v) is 4.59. The second-order valence-electron chi connectivity index (χ2n) is 5.67. The van der Waals surface area contributed by atoms with Gasteiger partial charge in [-0.05, 0) is 43.4 Å². The van der Waals surface area contributed by atoms with Crippen molar-refractivity contribution in [3.8, 4) is 0 Å². The highest BCUT2D eigenvalue weighted by atomic mass is 15.2. The van der Waals surface area contributed by atoms with Gasteiger partial charge in [-0.15, -0.1) is 0 Å². The number of likely N-dealkylation sites (tertiary alicyclic amines) is 1. The standard InChI is InChI=1S/C15H23N3/c1-16-15-7-6-12(10-17-15)11-18-9-8-13-4-2-3-5-14(13)18/h6-7,10,13-14H,2-5,8-9,11H2,1H3,(H,16,17). The van der Waals surface area contributed by atoms with Gasteiger partial charge >= 0.3 is 0 Å². The molecule has 2 heterocycles. The van der Waals surface area contributed by atoms with E-state index in [-0.39, 0.29) is 0 Å². The first-order valence-electron chi connectivity index (χ1n) is 7.23. The van der Waals surface area contributed by atoms with Crippen LogP contribution < -0.4 is 5.32 Å². The molecule has 1 saturated carbocycles. The van der Waals surface area contributed by atoms with Gasteiger partial charge in [0.25, 0.3) is 0 Å². The summed E-state index contributed by atoms with van der Waals surface area (Å²) in [5, 5.41) is 3.07. The molecule has 0 radical (unpaired) electrons. The van der Waals surface area contributed by atoms with Crippen LogP contribution in [0.3, 0.4) is 0 Å². The summed E-state index contributed by atoms with van der Waals surface area (Å²) in [6.45, 7) is 2.36. The summed E-state index contributed by atoms with van der Waals surface area (Å²) < 4.78 is 0. The van der Waals surface area contributed by atoms with Crippen molar-refractivity contribution in [2.75, 3.05) is 18.9 Å². The Morgan fingerprint density at radius 2 is 2.17 bits per heavy atom. The summed E-state index contributed by atoms with van der Waals surface area (Å²) >= 11 is 0. The van der Waals surface area contributed by atoms with E-state index < -0.39 is 0 Å². The number of pyridine rings is 1. The van der Waals surface area contributed by atoms with Gasteiger partial charge in [0.1, 0.15) is 5.82 Å². The molecule has 0 spiro atoms. The molecule has 1 aromatic rings. The van der Waals surface area contributed by atoms with Gasteiger partial charge in [0, 0.05) is 25.8 Å². The van der Waals surface area contributed by atoms with E-state index in [1.54, 1.807) is 0 Å². The van der Waals surface area contributed by atoms with Crippen LogP contribution in [0.25, 0.3) is 0 Å².